The van der Waals surface area contributed by atoms with Crippen molar-refractivity contribution in [2.75, 3.05) is 25.1 Å². The lowest BCUT2D eigenvalue weighted by molar-refractivity contribution is -0.143. The van der Waals surface area contributed by atoms with Gasteiger partial charge in [-0.25, -0.2) is 4.98 Å². The summed E-state index contributed by atoms with van der Waals surface area (Å²) in [5.74, 6) is 1.02. The number of nitrogens with one attached hydrogen (secondary N) is 3. The fourth-order valence-corrected chi connectivity index (χ4v) is 2.94. The van der Waals surface area contributed by atoms with E-state index in [9.17, 15) is 4.79 Å². The molecule has 0 saturated heterocycles. The van der Waals surface area contributed by atoms with Crippen molar-refractivity contribution in [3.63, 3.8) is 0 Å². The minimum Gasteiger partial charge on any atom is -0.462 e. The molecule has 2 aromatic heterocycles. The van der Waals surface area contributed by atoms with Gasteiger partial charge in [-0.3, -0.25) is 4.79 Å². The summed E-state index contributed by atoms with van der Waals surface area (Å²) in [7, 11) is 0. The maximum Gasteiger partial charge on any atom is 0.325 e. The second-order valence-electron chi connectivity index (χ2n) is 7.05. The molecule has 2 heterocycles. The summed E-state index contributed by atoms with van der Waals surface area (Å²) >= 11 is 0. The topological polar surface area (TPSA) is 125 Å². The minimum atomic E-state index is -0.495. The van der Waals surface area contributed by atoms with Gasteiger partial charge in [-0.2, -0.15) is 4.98 Å². The third-order valence-electron chi connectivity index (χ3n) is 4.67. The molecule has 9 heteroatoms. The molecule has 0 aromatic carbocycles. The number of esters is 1. The number of fused-ring (bicyclic) bond motifs is 1. The number of ether oxygens (including phenoxy) is 1. The van der Waals surface area contributed by atoms with E-state index in [0.29, 0.717) is 23.5 Å². The highest BCUT2D eigenvalue weighted by Gasteiger charge is 2.14. The van der Waals surface area contributed by atoms with Crippen LogP contribution in [0.5, 0.6) is 0 Å². The third-order valence-corrected chi connectivity index (χ3v) is 4.67. The molecule has 0 spiro atoms. The molecular formula is C20H30N6O3. The first-order valence-corrected chi connectivity index (χ1v) is 9.77. The molecule has 0 radical (unpaired) electrons. The Labute approximate surface area is 170 Å². The number of carbonyl (C=O) groups is 1. The Balaban J connectivity index is 2.08. The van der Waals surface area contributed by atoms with Crippen LogP contribution < -0.4 is 10.6 Å². The van der Waals surface area contributed by atoms with Crippen LogP contribution in [0.15, 0.2) is 30.4 Å². The highest BCUT2D eigenvalue weighted by Crippen LogP contribution is 2.21. The van der Waals surface area contributed by atoms with E-state index >= 15 is 0 Å². The van der Waals surface area contributed by atoms with Gasteiger partial charge in [-0.15, -0.1) is 0 Å². The highest BCUT2D eigenvalue weighted by atomic mass is 16.5. The fraction of sp³-hybridized carbons (Fsp3) is 0.500. The molecule has 1 atom stereocenters. The average molecular weight is 402 g/mol. The van der Waals surface area contributed by atoms with Crippen LogP contribution in [0.25, 0.3) is 11.0 Å². The Kier molecular flexibility index (Phi) is 8.60. The van der Waals surface area contributed by atoms with Crippen molar-refractivity contribution in [1.29, 1.82) is 5.41 Å². The third kappa shape index (κ3) is 6.56. The quantitative estimate of drug-likeness (QED) is 0.317. The molecule has 0 aliphatic heterocycles. The van der Waals surface area contributed by atoms with Gasteiger partial charge in [0.2, 0.25) is 5.95 Å². The Hall–Kier alpha value is -2.94. The van der Waals surface area contributed by atoms with E-state index in [1.165, 1.54) is 6.20 Å². The van der Waals surface area contributed by atoms with Crippen molar-refractivity contribution in [1.82, 2.24) is 19.9 Å². The first-order valence-electron chi connectivity index (χ1n) is 9.77. The number of allylic oxidation sites excluding steroid dienone is 1. The molecular weight excluding hydrogens is 372 g/mol. The van der Waals surface area contributed by atoms with Crippen molar-refractivity contribution >= 4 is 29.2 Å². The Bertz CT molecular complexity index is 846. The maximum absolute atomic E-state index is 11.4. The zero-order valence-corrected chi connectivity index (χ0v) is 17.2. The zero-order valence-electron chi connectivity index (χ0n) is 17.2. The largest absolute Gasteiger partial charge is 0.462 e. The molecule has 0 bridgehead atoms. The van der Waals surface area contributed by atoms with Gasteiger partial charge >= 0.3 is 5.97 Å². The number of aliphatic hydroxyl groups is 1. The molecule has 29 heavy (non-hydrogen) atoms. The van der Waals surface area contributed by atoms with Crippen LogP contribution in [-0.2, 0) is 16.1 Å². The van der Waals surface area contributed by atoms with E-state index < -0.39 is 5.97 Å². The van der Waals surface area contributed by atoms with Crippen molar-refractivity contribution < 1.29 is 14.6 Å². The zero-order chi connectivity index (χ0) is 21.2. The molecule has 9 nitrogen and oxygen atoms in total. The van der Waals surface area contributed by atoms with Crippen LogP contribution >= 0.6 is 0 Å². The SMILES string of the molecule is CCC(Cn1ccc2cnc(N/C(C=N)=C/NCC(=O)OCCO)nc21)C(C)C. The summed E-state index contributed by atoms with van der Waals surface area (Å²) in [4.78, 5) is 20.3. The lowest BCUT2D eigenvalue weighted by atomic mass is 9.93. The standard InChI is InChI=1S/C20H30N6O3/c1-4-15(14(2)3)13-26-6-5-16-10-23-20(25-19(16)26)24-17(9-21)11-22-12-18(28)29-8-7-27/h5-6,9-11,14-15,21-22,27H,4,7-8,12-13H2,1-3H3,(H,23,24,25)/b17-11+,21-9?. The van der Waals surface area contributed by atoms with Gasteiger partial charge in [0, 0.05) is 36.7 Å². The van der Waals surface area contributed by atoms with Gasteiger partial charge in [0.05, 0.1) is 12.3 Å². The smallest absolute Gasteiger partial charge is 0.325 e. The van der Waals surface area contributed by atoms with Crippen molar-refractivity contribution in [2.45, 2.75) is 33.7 Å². The van der Waals surface area contributed by atoms with Crippen LogP contribution in [0.1, 0.15) is 27.2 Å². The summed E-state index contributed by atoms with van der Waals surface area (Å²) < 4.78 is 6.89. The lowest BCUT2D eigenvalue weighted by Crippen LogP contribution is -2.23. The molecule has 0 saturated carbocycles. The van der Waals surface area contributed by atoms with Gasteiger partial charge in [-0.05, 0) is 17.9 Å². The second-order valence-corrected chi connectivity index (χ2v) is 7.05. The van der Waals surface area contributed by atoms with Crippen molar-refractivity contribution in [3.05, 3.63) is 30.4 Å². The molecule has 2 rings (SSSR count). The molecule has 0 amide bonds. The van der Waals surface area contributed by atoms with Gasteiger partial charge < -0.3 is 30.5 Å². The first kappa shape index (κ1) is 22.4. The molecule has 158 valence electrons. The summed E-state index contributed by atoms with van der Waals surface area (Å²) in [6.07, 6.45) is 7.46. The normalized spacial score (nSPS) is 12.8. The number of carbonyl (C=O) groups excluding carboxylic acids is 1. The van der Waals surface area contributed by atoms with Gasteiger partial charge in [0.1, 0.15) is 18.8 Å². The number of nitrogens with zero attached hydrogens (tertiary/aromatic N) is 3. The van der Waals surface area contributed by atoms with E-state index in [0.717, 1.165) is 30.2 Å². The highest BCUT2D eigenvalue weighted by molar-refractivity contribution is 5.81. The molecule has 2 aromatic rings. The van der Waals surface area contributed by atoms with Crippen LogP contribution in [0.2, 0.25) is 0 Å². The number of aromatic nitrogens is 3. The predicted molar refractivity (Wildman–Crippen MR) is 113 cm³/mol. The number of hydrogen-bond acceptors (Lipinski definition) is 8. The van der Waals surface area contributed by atoms with Gasteiger partial charge in [0.15, 0.2) is 0 Å². The number of aliphatic hydroxyl groups excluding tert-OH is 1. The maximum atomic E-state index is 11.4. The molecule has 4 N–H and O–H groups in total. The van der Waals surface area contributed by atoms with Crippen molar-refractivity contribution in [3.8, 4) is 0 Å². The summed E-state index contributed by atoms with van der Waals surface area (Å²) in [5.41, 5.74) is 1.23. The Morgan fingerprint density at radius 1 is 1.45 bits per heavy atom. The number of rotatable bonds is 12. The van der Waals surface area contributed by atoms with Gasteiger partial charge in [0.25, 0.3) is 0 Å². The molecule has 1 unspecified atom stereocenters. The summed E-state index contributed by atoms with van der Waals surface area (Å²) in [6.45, 7) is 7.22. The lowest BCUT2D eigenvalue weighted by Gasteiger charge is -2.20. The second kappa shape index (κ2) is 11.2. The van der Waals surface area contributed by atoms with Crippen molar-refractivity contribution in [2.24, 2.45) is 11.8 Å². The van der Waals surface area contributed by atoms with E-state index in [1.807, 2.05) is 12.3 Å². The minimum absolute atomic E-state index is 0.0386. The summed E-state index contributed by atoms with van der Waals surface area (Å²) in [5, 5.41) is 22.9. The van der Waals surface area contributed by atoms with E-state index in [4.69, 9.17) is 15.3 Å². The van der Waals surface area contributed by atoms with Gasteiger partial charge in [-0.1, -0.05) is 27.2 Å². The average Bonchev–Trinajstić information content (AvgIpc) is 3.11. The van der Waals surface area contributed by atoms with Crippen LogP contribution in [0.3, 0.4) is 0 Å². The van der Waals surface area contributed by atoms with E-state index in [-0.39, 0.29) is 19.8 Å². The Morgan fingerprint density at radius 3 is 2.90 bits per heavy atom. The van der Waals surface area contributed by atoms with E-state index in [2.05, 4.69) is 45.9 Å². The fourth-order valence-electron chi connectivity index (χ4n) is 2.94. The number of anilines is 1. The number of hydrogen-bond donors (Lipinski definition) is 4. The first-order chi connectivity index (χ1) is 14.0. The summed E-state index contributed by atoms with van der Waals surface area (Å²) in [6, 6.07) is 2.00. The van der Waals surface area contributed by atoms with Crippen LogP contribution in [0, 0.1) is 17.2 Å². The van der Waals surface area contributed by atoms with Crippen LogP contribution in [0.4, 0.5) is 5.95 Å². The van der Waals surface area contributed by atoms with Crippen LogP contribution in [-0.4, -0.2) is 51.6 Å². The van der Waals surface area contributed by atoms with E-state index in [1.54, 1.807) is 6.20 Å². The monoisotopic (exact) mass is 402 g/mol. The predicted octanol–water partition coefficient (Wildman–Crippen LogP) is 2.14. The molecule has 0 aliphatic carbocycles. The Morgan fingerprint density at radius 2 is 2.24 bits per heavy atom. The molecule has 0 fully saturated rings. The molecule has 0 aliphatic rings.